The van der Waals surface area contributed by atoms with Gasteiger partial charge in [-0.2, -0.15) is 5.10 Å². The van der Waals surface area contributed by atoms with Gasteiger partial charge in [-0.1, -0.05) is 0 Å². The number of aliphatic hydroxyl groups is 1. The Kier molecular flexibility index (Phi) is 4.13. The van der Waals surface area contributed by atoms with Crippen molar-refractivity contribution in [3.05, 3.63) is 12.4 Å². The predicted molar refractivity (Wildman–Crippen MR) is 68.1 cm³/mol. The van der Waals surface area contributed by atoms with Crippen molar-refractivity contribution in [1.29, 1.82) is 0 Å². The predicted octanol–water partition coefficient (Wildman–Crippen LogP) is 1.54. The summed E-state index contributed by atoms with van der Waals surface area (Å²) in [5, 5.41) is 14.0. The molecule has 0 saturated carbocycles. The summed E-state index contributed by atoms with van der Waals surface area (Å²) in [6.45, 7) is 8.64. The topological polar surface area (TPSA) is 76.4 Å². The summed E-state index contributed by atoms with van der Waals surface area (Å²) in [6, 6.07) is -0.317. The molecule has 1 unspecified atom stereocenters. The maximum Gasteiger partial charge on any atom is 0.144 e. The lowest BCUT2D eigenvalue weighted by Gasteiger charge is -2.36. The van der Waals surface area contributed by atoms with Crippen molar-refractivity contribution in [3.8, 4) is 0 Å². The van der Waals surface area contributed by atoms with Crippen LogP contribution in [0.15, 0.2) is 12.4 Å². The van der Waals surface area contributed by atoms with Crippen LogP contribution in [0, 0.1) is 0 Å². The molecule has 0 spiro atoms. The molecule has 0 amide bonds. The van der Waals surface area contributed by atoms with E-state index in [0.717, 1.165) is 6.29 Å². The van der Waals surface area contributed by atoms with Gasteiger partial charge in [0, 0.05) is 0 Å². The minimum Gasteiger partial charge on any atom is -0.387 e. The summed E-state index contributed by atoms with van der Waals surface area (Å²) in [7, 11) is 0. The van der Waals surface area contributed by atoms with Crippen molar-refractivity contribution in [3.63, 3.8) is 0 Å². The van der Waals surface area contributed by atoms with Gasteiger partial charge in [-0.15, -0.1) is 0 Å². The number of carbonyl (C=O) groups excluding carboxylic acids is 1. The minimum atomic E-state index is -0.994. The molecule has 18 heavy (non-hydrogen) atoms. The number of nitrogens with zero attached hydrogens (tertiary/aromatic N) is 2. The van der Waals surface area contributed by atoms with Crippen LogP contribution >= 0.6 is 0 Å². The third kappa shape index (κ3) is 3.30. The highest BCUT2D eigenvalue weighted by molar-refractivity contribution is 5.55. The molecule has 0 aliphatic heterocycles. The first-order chi connectivity index (χ1) is 8.17. The number of hydrogen-bond acceptors (Lipinski definition) is 5. The van der Waals surface area contributed by atoms with Crippen LogP contribution in [0.4, 0.5) is 5.69 Å². The largest absolute Gasteiger partial charge is 0.387 e. The number of aldehydes is 1. The molecular weight excluding hydrogens is 234 g/mol. The lowest BCUT2D eigenvalue weighted by Crippen LogP contribution is -2.48. The van der Waals surface area contributed by atoms with Gasteiger partial charge in [0.25, 0.3) is 0 Å². The van der Waals surface area contributed by atoms with Crippen LogP contribution in [-0.4, -0.2) is 32.4 Å². The molecule has 1 atom stereocenters. The summed E-state index contributed by atoms with van der Waals surface area (Å²) < 4.78 is 1.52. The van der Waals surface area contributed by atoms with Crippen molar-refractivity contribution >= 4 is 12.0 Å². The van der Waals surface area contributed by atoms with Gasteiger partial charge in [0.15, 0.2) is 0 Å². The lowest BCUT2D eigenvalue weighted by molar-refractivity contribution is -0.130. The number of aromatic nitrogens is 2. The smallest absolute Gasteiger partial charge is 0.144 e. The Balaban J connectivity index is 2.65. The van der Waals surface area contributed by atoms with E-state index < -0.39 is 11.2 Å². The van der Waals surface area contributed by atoms with Crippen molar-refractivity contribution in [2.75, 3.05) is 5.48 Å². The van der Waals surface area contributed by atoms with E-state index in [1.54, 1.807) is 47.0 Å². The number of anilines is 1. The maximum atomic E-state index is 10.6. The molecule has 0 saturated heterocycles. The summed E-state index contributed by atoms with van der Waals surface area (Å²) in [6.07, 6.45) is 4.03. The zero-order valence-electron chi connectivity index (χ0n) is 11.5. The Hall–Kier alpha value is -1.40. The first kappa shape index (κ1) is 14.7. The van der Waals surface area contributed by atoms with Gasteiger partial charge in [-0.25, -0.2) is 0 Å². The van der Waals surface area contributed by atoms with Gasteiger partial charge in [0.1, 0.15) is 17.9 Å². The molecule has 1 rings (SSSR count). The minimum absolute atomic E-state index is 0.317. The third-order valence-corrected chi connectivity index (χ3v) is 3.11. The Bertz CT molecular complexity index is 407. The van der Waals surface area contributed by atoms with Crippen LogP contribution in [0.2, 0.25) is 0 Å². The van der Waals surface area contributed by atoms with E-state index in [9.17, 15) is 9.90 Å². The summed E-state index contributed by atoms with van der Waals surface area (Å²) >= 11 is 0. The van der Waals surface area contributed by atoms with E-state index in [1.807, 2.05) is 0 Å². The van der Waals surface area contributed by atoms with E-state index in [4.69, 9.17) is 4.84 Å². The van der Waals surface area contributed by atoms with Crippen molar-refractivity contribution in [1.82, 2.24) is 9.78 Å². The molecule has 0 aromatic carbocycles. The fraction of sp³-hybridized carbons (Fsp3) is 0.667. The average Bonchev–Trinajstić information content (AvgIpc) is 2.72. The molecule has 0 bridgehead atoms. The van der Waals surface area contributed by atoms with E-state index in [0.29, 0.717) is 5.69 Å². The zero-order chi connectivity index (χ0) is 14.0. The molecule has 0 aliphatic rings. The monoisotopic (exact) mass is 255 g/mol. The second-order valence-electron chi connectivity index (χ2n) is 5.36. The van der Waals surface area contributed by atoms with Gasteiger partial charge >= 0.3 is 0 Å². The lowest BCUT2D eigenvalue weighted by atomic mass is 9.90. The standard InChI is InChI=1S/C12H21N3O3/c1-9(8-16)15-7-10(6-13-15)14-18-12(4,5)11(2,3)17/h6-9,14,17H,1-5H3. The second-order valence-corrected chi connectivity index (χ2v) is 5.36. The Morgan fingerprint density at radius 2 is 2.11 bits per heavy atom. The molecule has 1 heterocycles. The number of rotatable bonds is 6. The van der Waals surface area contributed by atoms with E-state index in [2.05, 4.69) is 10.6 Å². The van der Waals surface area contributed by atoms with Crippen LogP contribution < -0.4 is 5.48 Å². The zero-order valence-corrected chi connectivity index (χ0v) is 11.5. The van der Waals surface area contributed by atoms with Crippen LogP contribution in [0.25, 0.3) is 0 Å². The first-order valence-electron chi connectivity index (χ1n) is 5.83. The first-order valence-corrected chi connectivity index (χ1v) is 5.83. The molecule has 0 fully saturated rings. The Morgan fingerprint density at radius 1 is 1.50 bits per heavy atom. The van der Waals surface area contributed by atoms with Crippen molar-refractivity contribution < 1.29 is 14.7 Å². The fourth-order valence-electron chi connectivity index (χ4n) is 0.987. The summed E-state index contributed by atoms with van der Waals surface area (Å²) in [4.78, 5) is 16.1. The van der Waals surface area contributed by atoms with E-state index in [1.165, 1.54) is 4.68 Å². The highest BCUT2D eigenvalue weighted by Crippen LogP contribution is 2.25. The van der Waals surface area contributed by atoms with E-state index in [-0.39, 0.29) is 6.04 Å². The Morgan fingerprint density at radius 3 is 2.61 bits per heavy atom. The van der Waals surface area contributed by atoms with Gasteiger partial charge in [-0.05, 0) is 34.6 Å². The van der Waals surface area contributed by atoms with Gasteiger partial charge < -0.3 is 9.90 Å². The van der Waals surface area contributed by atoms with Crippen LogP contribution in [0.5, 0.6) is 0 Å². The second kappa shape index (κ2) is 5.07. The number of hydrogen-bond donors (Lipinski definition) is 2. The summed E-state index contributed by atoms with van der Waals surface area (Å²) in [5.41, 5.74) is 1.59. The number of carbonyl (C=O) groups is 1. The molecule has 6 nitrogen and oxygen atoms in total. The molecule has 0 aliphatic carbocycles. The molecule has 2 N–H and O–H groups in total. The molecule has 6 heteroatoms. The van der Waals surface area contributed by atoms with Gasteiger partial charge in [0.2, 0.25) is 0 Å². The molecule has 1 aromatic heterocycles. The highest BCUT2D eigenvalue weighted by Gasteiger charge is 2.37. The van der Waals surface area contributed by atoms with Crippen molar-refractivity contribution in [2.45, 2.75) is 51.9 Å². The van der Waals surface area contributed by atoms with Crippen LogP contribution in [-0.2, 0) is 9.63 Å². The maximum absolute atomic E-state index is 10.6. The van der Waals surface area contributed by atoms with Crippen LogP contribution in [0.3, 0.4) is 0 Å². The van der Waals surface area contributed by atoms with Crippen molar-refractivity contribution in [2.24, 2.45) is 0 Å². The van der Waals surface area contributed by atoms with Gasteiger partial charge in [-0.3, -0.25) is 15.0 Å². The fourth-order valence-corrected chi connectivity index (χ4v) is 0.987. The number of nitrogens with one attached hydrogen (secondary N) is 1. The SMILES string of the molecule is CC(C=O)n1cc(NOC(C)(C)C(C)(C)O)cn1. The highest BCUT2D eigenvalue weighted by atomic mass is 16.7. The van der Waals surface area contributed by atoms with Crippen LogP contribution in [0.1, 0.15) is 40.7 Å². The summed E-state index contributed by atoms with van der Waals surface area (Å²) in [5.74, 6) is 0. The van der Waals surface area contributed by atoms with E-state index >= 15 is 0 Å². The normalized spacial score (nSPS) is 14.3. The molecular formula is C12H21N3O3. The molecule has 0 radical (unpaired) electrons. The third-order valence-electron chi connectivity index (χ3n) is 3.11. The van der Waals surface area contributed by atoms with Gasteiger partial charge in [0.05, 0.1) is 23.7 Å². The Labute approximate surface area is 107 Å². The quantitative estimate of drug-likeness (QED) is 0.595. The average molecular weight is 255 g/mol. The molecule has 1 aromatic rings. The molecule has 102 valence electrons.